The highest BCUT2D eigenvalue weighted by Crippen LogP contribution is 2.50. The van der Waals surface area contributed by atoms with Crippen molar-refractivity contribution in [2.45, 2.75) is 6.18 Å². The van der Waals surface area contributed by atoms with Crippen LogP contribution in [0, 0.1) is 0 Å². The topological polar surface area (TPSA) is 109 Å². The fraction of sp³-hybridized carbons (Fsp3) is 0.273. The number of aryl methyl sites for hydroxylation is 1. The van der Waals surface area contributed by atoms with Crippen molar-refractivity contribution in [2.75, 3.05) is 49.8 Å². The second-order valence-electron chi connectivity index (χ2n) is 9.75. The number of rotatable bonds is 8. The van der Waals surface area contributed by atoms with E-state index in [1.54, 1.807) is 49.8 Å². The van der Waals surface area contributed by atoms with Crippen LogP contribution >= 0.6 is 0 Å². The lowest BCUT2D eigenvalue weighted by Gasteiger charge is -2.19. The molecule has 10 nitrogen and oxygen atoms in total. The van der Waals surface area contributed by atoms with Crippen LogP contribution in [-0.2, 0) is 11.8 Å². The number of fused-ring (bicyclic) bond motifs is 5. The lowest BCUT2D eigenvalue weighted by atomic mass is 9.93. The minimum atomic E-state index is -5.19. The molecule has 0 fully saturated rings. The van der Waals surface area contributed by atoms with Gasteiger partial charge in [-0.2, -0.15) is 17.7 Å². The van der Waals surface area contributed by atoms with E-state index in [2.05, 4.69) is 29.0 Å². The van der Waals surface area contributed by atoms with Gasteiger partial charge in [0, 0.05) is 16.3 Å². The number of pyridine rings is 1. The highest BCUT2D eigenvalue weighted by Gasteiger charge is 2.29. The predicted molar refractivity (Wildman–Crippen MR) is 162 cm³/mol. The van der Waals surface area contributed by atoms with Crippen LogP contribution in [0.2, 0.25) is 0 Å². The first kappa shape index (κ1) is 33.6. The molecule has 244 valence electrons. The van der Waals surface area contributed by atoms with Crippen LogP contribution < -0.4 is 42.8 Å². The molecule has 5 rings (SSSR count). The third-order valence-corrected chi connectivity index (χ3v) is 7.37. The number of carbonyl (C=O) groups is 1. The summed E-state index contributed by atoms with van der Waals surface area (Å²) >= 11 is 0. The number of nitrogens with zero attached hydrogens (tertiary/aromatic N) is 1. The molecule has 4 aromatic carbocycles. The molecule has 0 bridgehead atoms. The molecular weight excluding hydrogens is 611 g/mol. The number of hydrogen-bond donors (Lipinski definition) is 0. The van der Waals surface area contributed by atoms with Crippen molar-refractivity contribution in [1.29, 1.82) is 0 Å². The molecule has 0 unspecified atom stereocenters. The molecule has 0 aliphatic heterocycles. The number of methoxy groups -OCH3 is 7. The van der Waals surface area contributed by atoms with E-state index in [1.165, 1.54) is 0 Å². The highest BCUT2D eigenvalue weighted by molar-refractivity contribution is 6.18. The van der Waals surface area contributed by atoms with Gasteiger partial charge in [0.05, 0.1) is 65.9 Å². The number of carbonyl (C=O) groups excluding carboxylic acids is 1. The molecule has 0 spiro atoms. The highest BCUT2D eigenvalue weighted by atomic mass is 19.4. The standard InChI is InChI=1S/C31H32NO7.C2HF3O2/c1-32-16-22-18(11-12-23(33-2)29(22)37-6)20-10-9-19-21(28(20)32)15-26(36-5)31(39-8)27(19)17-13-24(34-3)30(38-7)25(14-17)35-4;3-2(4,5)1(6)7/h9-16H,1-8H3;(H,6,7)/q+1;/p-1. The monoisotopic (exact) mass is 643 g/mol. The SMILES string of the molecule is COc1cc(-c2c(OC)c(OC)cc3c2ccc2c4ccc(OC)c(OC)c4c[n+](C)c32)cc(OC)c1OC.O=C([O-])C(F)(F)F. The molecule has 13 heteroatoms. The summed E-state index contributed by atoms with van der Waals surface area (Å²) in [4.78, 5) is 8.78. The van der Waals surface area contributed by atoms with E-state index in [-0.39, 0.29) is 0 Å². The molecular formula is C33H32F3NO9. The smallest absolute Gasteiger partial charge is 0.430 e. The van der Waals surface area contributed by atoms with Gasteiger partial charge in [0.15, 0.2) is 40.7 Å². The normalized spacial score (nSPS) is 11.1. The molecule has 0 N–H and O–H groups in total. The molecule has 0 radical (unpaired) electrons. The van der Waals surface area contributed by atoms with Crippen LogP contribution in [0.25, 0.3) is 43.6 Å². The van der Waals surface area contributed by atoms with Crippen LogP contribution in [0.5, 0.6) is 40.2 Å². The number of benzene rings is 4. The molecule has 1 aromatic heterocycles. The van der Waals surface area contributed by atoms with Gasteiger partial charge in [-0.1, -0.05) is 6.07 Å². The molecule has 0 saturated carbocycles. The minimum absolute atomic E-state index is 0.516. The van der Waals surface area contributed by atoms with Gasteiger partial charge < -0.3 is 43.1 Å². The average molecular weight is 644 g/mol. The number of alkyl halides is 3. The second-order valence-corrected chi connectivity index (χ2v) is 9.75. The van der Waals surface area contributed by atoms with E-state index in [4.69, 9.17) is 43.1 Å². The molecule has 46 heavy (non-hydrogen) atoms. The molecule has 1 heterocycles. The van der Waals surface area contributed by atoms with Crippen molar-refractivity contribution >= 4 is 38.4 Å². The summed E-state index contributed by atoms with van der Waals surface area (Å²) in [6, 6.07) is 14.1. The summed E-state index contributed by atoms with van der Waals surface area (Å²) in [6.45, 7) is 0. The van der Waals surface area contributed by atoms with Crippen molar-refractivity contribution in [3.63, 3.8) is 0 Å². The number of carboxylic acid groups (broad SMARTS) is 1. The van der Waals surface area contributed by atoms with Gasteiger partial charge in [-0.3, -0.25) is 0 Å². The van der Waals surface area contributed by atoms with Gasteiger partial charge in [-0.05, 0) is 42.0 Å². The van der Waals surface area contributed by atoms with Crippen molar-refractivity contribution < 1.29 is 60.8 Å². The van der Waals surface area contributed by atoms with Crippen LogP contribution in [0.15, 0.2) is 48.7 Å². The molecule has 0 aliphatic rings. The third kappa shape index (κ3) is 5.87. The predicted octanol–water partition coefficient (Wildman–Crippen LogP) is 5.00. The van der Waals surface area contributed by atoms with E-state index < -0.39 is 12.1 Å². The number of halogens is 3. The first-order valence-electron chi connectivity index (χ1n) is 13.5. The summed E-state index contributed by atoms with van der Waals surface area (Å²) < 4.78 is 73.6. The zero-order valence-electron chi connectivity index (χ0n) is 26.4. The Morgan fingerprint density at radius 2 is 1.09 bits per heavy atom. The van der Waals surface area contributed by atoms with Gasteiger partial charge in [0.2, 0.25) is 11.3 Å². The summed E-state index contributed by atoms with van der Waals surface area (Å²) in [5, 5.41) is 13.8. The number of aliphatic carboxylic acids is 1. The Morgan fingerprint density at radius 1 is 0.609 bits per heavy atom. The fourth-order valence-electron chi connectivity index (χ4n) is 5.45. The lowest BCUT2D eigenvalue weighted by Crippen LogP contribution is -2.37. The first-order valence-corrected chi connectivity index (χ1v) is 13.5. The van der Waals surface area contributed by atoms with Crippen LogP contribution in [0.1, 0.15) is 0 Å². The number of aromatic nitrogens is 1. The fourth-order valence-corrected chi connectivity index (χ4v) is 5.45. The van der Waals surface area contributed by atoms with Gasteiger partial charge in [-0.25, -0.2) is 0 Å². The Morgan fingerprint density at radius 3 is 1.57 bits per heavy atom. The zero-order valence-corrected chi connectivity index (χ0v) is 26.4. The zero-order chi connectivity index (χ0) is 33.9. The Hall–Kier alpha value is -5.33. The summed E-state index contributed by atoms with van der Waals surface area (Å²) in [7, 11) is 13.4. The van der Waals surface area contributed by atoms with Gasteiger partial charge in [0.1, 0.15) is 13.0 Å². The minimum Gasteiger partial charge on any atom is -0.542 e. The van der Waals surface area contributed by atoms with E-state index in [9.17, 15) is 13.2 Å². The number of hydrogen-bond acceptors (Lipinski definition) is 9. The Labute approximate surface area is 262 Å². The first-order chi connectivity index (χ1) is 21.9. The Kier molecular flexibility index (Phi) is 9.74. The van der Waals surface area contributed by atoms with Crippen molar-refractivity contribution in [1.82, 2.24) is 0 Å². The maximum atomic E-state index is 10.5. The molecule has 0 saturated heterocycles. The van der Waals surface area contributed by atoms with Gasteiger partial charge >= 0.3 is 6.18 Å². The molecule has 0 aliphatic carbocycles. The quantitative estimate of drug-likeness (QED) is 0.171. The Bertz CT molecular complexity index is 1920. The second kappa shape index (κ2) is 13.3. The van der Waals surface area contributed by atoms with Crippen molar-refractivity contribution in [3.05, 3.63) is 48.7 Å². The summed E-state index contributed by atoms with van der Waals surface area (Å²) in [5.41, 5.74) is 2.71. The third-order valence-electron chi connectivity index (χ3n) is 7.37. The van der Waals surface area contributed by atoms with E-state index in [0.29, 0.717) is 40.2 Å². The van der Waals surface area contributed by atoms with E-state index >= 15 is 0 Å². The van der Waals surface area contributed by atoms with Crippen LogP contribution in [0.4, 0.5) is 13.2 Å². The van der Waals surface area contributed by atoms with Crippen molar-refractivity contribution in [3.8, 4) is 51.4 Å². The molecule has 5 aromatic rings. The van der Waals surface area contributed by atoms with Gasteiger partial charge in [0.25, 0.3) is 0 Å². The molecule has 0 atom stereocenters. The summed E-state index contributed by atoms with van der Waals surface area (Å²) in [6.07, 6.45) is -3.13. The maximum absolute atomic E-state index is 10.5. The number of ether oxygens (including phenoxy) is 7. The van der Waals surface area contributed by atoms with Gasteiger partial charge in [-0.15, -0.1) is 0 Å². The number of carboxylic acids is 1. The van der Waals surface area contributed by atoms with E-state index in [1.807, 2.05) is 31.3 Å². The van der Waals surface area contributed by atoms with Crippen LogP contribution in [-0.4, -0.2) is 61.9 Å². The largest absolute Gasteiger partial charge is 0.542 e. The van der Waals surface area contributed by atoms with Crippen molar-refractivity contribution in [2.24, 2.45) is 7.05 Å². The van der Waals surface area contributed by atoms with Crippen LogP contribution in [0.3, 0.4) is 0 Å². The maximum Gasteiger partial charge on any atom is 0.430 e. The Balaban J connectivity index is 0.000000617. The molecule has 0 amide bonds. The van der Waals surface area contributed by atoms with E-state index in [0.717, 1.165) is 43.6 Å². The summed E-state index contributed by atoms with van der Waals surface area (Å²) in [5.74, 6) is 1.18. The lowest BCUT2D eigenvalue weighted by molar-refractivity contribution is -0.642. The average Bonchev–Trinajstić information content (AvgIpc) is 3.05.